The van der Waals surface area contributed by atoms with Crippen molar-refractivity contribution in [2.45, 2.75) is 58.4 Å². The number of nitrogens with zero attached hydrogens (tertiary/aromatic N) is 1. The molecule has 0 unspecified atom stereocenters. The predicted octanol–water partition coefficient (Wildman–Crippen LogP) is 4.50. The van der Waals surface area contributed by atoms with Crippen LogP contribution in [0.5, 0.6) is 0 Å². The van der Waals surface area contributed by atoms with E-state index in [0.29, 0.717) is 18.4 Å². The molecule has 26 heavy (non-hydrogen) atoms. The highest BCUT2D eigenvalue weighted by Crippen LogP contribution is 2.25. The van der Waals surface area contributed by atoms with Crippen LogP contribution in [0.4, 0.5) is 5.69 Å². The average molecular weight is 373 g/mol. The zero-order valence-electron chi connectivity index (χ0n) is 15.5. The third-order valence-corrected chi connectivity index (χ3v) is 5.32. The second-order valence-electron chi connectivity index (χ2n) is 7.35. The molecule has 0 spiro atoms. The summed E-state index contributed by atoms with van der Waals surface area (Å²) >= 11 is 1.63. The number of aliphatic imine (C=N–C) groups is 1. The number of carbonyl (C=O) groups is 1. The van der Waals surface area contributed by atoms with Crippen LogP contribution in [0, 0.1) is 5.92 Å². The summed E-state index contributed by atoms with van der Waals surface area (Å²) in [6.07, 6.45) is 6.87. The first-order valence-electron chi connectivity index (χ1n) is 9.47. The van der Waals surface area contributed by atoms with Gasteiger partial charge in [0.25, 0.3) is 0 Å². The van der Waals surface area contributed by atoms with E-state index in [1.54, 1.807) is 11.8 Å². The average Bonchev–Trinajstić information content (AvgIpc) is 2.63. The van der Waals surface area contributed by atoms with Crippen LogP contribution in [-0.2, 0) is 4.79 Å². The van der Waals surface area contributed by atoms with E-state index in [2.05, 4.69) is 21.6 Å². The number of nitrogens with one attached hydrogen (secondary N) is 3. The molecule has 1 aromatic carbocycles. The van der Waals surface area contributed by atoms with Crippen molar-refractivity contribution < 1.29 is 4.79 Å². The molecule has 0 aromatic heterocycles. The van der Waals surface area contributed by atoms with Crippen LogP contribution in [-0.4, -0.2) is 17.1 Å². The van der Waals surface area contributed by atoms with Crippen LogP contribution < -0.4 is 16.2 Å². The van der Waals surface area contributed by atoms with Gasteiger partial charge >= 0.3 is 0 Å². The minimum absolute atomic E-state index is 0.0588. The smallest absolute Gasteiger partial charge is 0.224 e. The maximum atomic E-state index is 11.8. The van der Waals surface area contributed by atoms with Crippen molar-refractivity contribution in [2.24, 2.45) is 10.9 Å². The molecule has 0 saturated heterocycles. The highest BCUT2D eigenvalue weighted by Gasteiger charge is 2.16. The van der Waals surface area contributed by atoms with Gasteiger partial charge in [-0.3, -0.25) is 20.6 Å². The van der Waals surface area contributed by atoms with Crippen molar-refractivity contribution in [1.29, 1.82) is 0 Å². The van der Waals surface area contributed by atoms with Gasteiger partial charge in [0, 0.05) is 23.1 Å². The van der Waals surface area contributed by atoms with Crippen molar-refractivity contribution in [3.05, 3.63) is 35.2 Å². The zero-order chi connectivity index (χ0) is 18.4. The summed E-state index contributed by atoms with van der Waals surface area (Å²) in [4.78, 5) is 16.7. The first kappa shape index (κ1) is 18.8. The number of hydrogen-bond donors (Lipinski definition) is 3. The van der Waals surface area contributed by atoms with E-state index >= 15 is 0 Å². The molecular weight excluding hydrogens is 344 g/mol. The van der Waals surface area contributed by atoms with E-state index in [1.807, 2.05) is 38.1 Å². The lowest BCUT2D eigenvalue weighted by atomic mass is 9.96. The fourth-order valence-corrected chi connectivity index (χ4v) is 3.93. The van der Waals surface area contributed by atoms with E-state index in [1.165, 1.54) is 32.1 Å². The van der Waals surface area contributed by atoms with E-state index in [-0.39, 0.29) is 5.91 Å². The Hall–Kier alpha value is -1.95. The van der Waals surface area contributed by atoms with Gasteiger partial charge in [0.05, 0.1) is 11.7 Å². The molecular formula is C20H28N4OS. The van der Waals surface area contributed by atoms with Gasteiger partial charge in [-0.2, -0.15) is 0 Å². The summed E-state index contributed by atoms with van der Waals surface area (Å²) < 4.78 is 0. The second kappa shape index (κ2) is 9.12. The lowest BCUT2D eigenvalue weighted by Gasteiger charge is -2.23. The quantitative estimate of drug-likeness (QED) is 0.712. The van der Waals surface area contributed by atoms with Crippen LogP contribution in [0.15, 0.2) is 34.7 Å². The normalized spacial score (nSPS) is 19.7. The fraction of sp³-hybridized carbons (Fsp3) is 0.500. The van der Waals surface area contributed by atoms with E-state index in [9.17, 15) is 4.79 Å². The number of amidine groups is 1. The molecule has 140 valence electrons. The molecule has 1 saturated carbocycles. The molecule has 0 atom stereocenters. The summed E-state index contributed by atoms with van der Waals surface area (Å²) in [6.45, 7) is 4.08. The van der Waals surface area contributed by atoms with E-state index < -0.39 is 0 Å². The Kier molecular flexibility index (Phi) is 6.61. The van der Waals surface area contributed by atoms with Crippen molar-refractivity contribution in [3.8, 4) is 0 Å². The zero-order valence-corrected chi connectivity index (χ0v) is 16.4. The van der Waals surface area contributed by atoms with Crippen molar-refractivity contribution in [3.63, 3.8) is 0 Å². The number of anilines is 1. The third-order valence-electron chi connectivity index (χ3n) is 4.54. The molecule has 0 radical (unpaired) electrons. The molecule has 1 aliphatic carbocycles. The van der Waals surface area contributed by atoms with Gasteiger partial charge in [0.1, 0.15) is 0 Å². The summed E-state index contributed by atoms with van der Waals surface area (Å²) in [6, 6.07) is 8.35. The monoisotopic (exact) mass is 372 g/mol. The topological polar surface area (TPSA) is 65.5 Å². The van der Waals surface area contributed by atoms with Crippen molar-refractivity contribution in [2.75, 3.05) is 5.32 Å². The lowest BCUT2D eigenvalue weighted by molar-refractivity contribution is -0.116. The van der Waals surface area contributed by atoms with Crippen LogP contribution in [0.2, 0.25) is 0 Å². The molecule has 3 N–H and O–H groups in total. The Balaban J connectivity index is 1.56. The molecule has 6 heteroatoms. The fourth-order valence-electron chi connectivity index (χ4n) is 3.19. The predicted molar refractivity (Wildman–Crippen MR) is 111 cm³/mol. The van der Waals surface area contributed by atoms with Gasteiger partial charge in [0.15, 0.2) is 5.17 Å². The molecule has 1 amide bonds. The number of hydrazine groups is 1. The molecule has 1 aliphatic heterocycles. The van der Waals surface area contributed by atoms with Gasteiger partial charge in [-0.1, -0.05) is 57.0 Å². The minimum Gasteiger partial charge on any atom is -0.326 e. The van der Waals surface area contributed by atoms with Gasteiger partial charge in [-0.05, 0) is 30.9 Å². The number of thioether (sulfide) groups is 1. The lowest BCUT2D eigenvalue weighted by Crippen LogP contribution is -2.37. The van der Waals surface area contributed by atoms with Crippen LogP contribution in [0.25, 0.3) is 5.70 Å². The number of carbonyl (C=O) groups excluding carboxylic acids is 1. The number of benzene rings is 1. The molecule has 1 fully saturated rings. The van der Waals surface area contributed by atoms with Crippen LogP contribution in [0.1, 0.15) is 57.9 Å². The molecule has 5 nitrogen and oxygen atoms in total. The summed E-state index contributed by atoms with van der Waals surface area (Å²) in [5, 5.41) is 5.97. The Morgan fingerprint density at radius 2 is 1.92 bits per heavy atom. The van der Waals surface area contributed by atoms with Gasteiger partial charge in [-0.15, -0.1) is 0 Å². The first-order chi connectivity index (χ1) is 12.6. The largest absolute Gasteiger partial charge is 0.326 e. The number of rotatable bonds is 5. The Morgan fingerprint density at radius 1 is 1.19 bits per heavy atom. The maximum absolute atomic E-state index is 11.8. The number of amides is 1. The van der Waals surface area contributed by atoms with Crippen molar-refractivity contribution >= 4 is 34.2 Å². The van der Waals surface area contributed by atoms with Crippen molar-refractivity contribution in [1.82, 2.24) is 10.9 Å². The SMILES string of the molecule is CC(C)CC(=O)Nc1ccc(C2=CSC(=NC3CCCCC3)NN2)cc1. The Morgan fingerprint density at radius 3 is 2.54 bits per heavy atom. The maximum Gasteiger partial charge on any atom is 0.224 e. The Bertz CT molecular complexity index is 676. The van der Waals surface area contributed by atoms with Gasteiger partial charge in [-0.25, -0.2) is 0 Å². The number of hydrogen-bond acceptors (Lipinski definition) is 4. The summed E-state index contributed by atoms with van der Waals surface area (Å²) in [5.74, 6) is 0.419. The molecule has 0 bridgehead atoms. The first-order valence-corrected chi connectivity index (χ1v) is 10.3. The van der Waals surface area contributed by atoms with Gasteiger partial charge < -0.3 is 5.32 Å². The molecule has 1 heterocycles. The van der Waals surface area contributed by atoms with E-state index in [0.717, 1.165) is 22.1 Å². The highest BCUT2D eigenvalue weighted by molar-refractivity contribution is 8.16. The standard InChI is InChI=1S/C20H28N4OS/c1-14(2)12-19(25)21-17-10-8-15(9-11-17)18-13-26-20(24-23-18)22-16-6-4-3-5-7-16/h8-11,13-14,16,23H,3-7,12H2,1-2H3,(H,21,25)(H,22,24). The van der Waals surface area contributed by atoms with Gasteiger partial charge in [0.2, 0.25) is 5.91 Å². The molecule has 3 rings (SSSR count). The highest BCUT2D eigenvalue weighted by atomic mass is 32.2. The Labute approximate surface area is 160 Å². The molecule has 1 aromatic rings. The summed E-state index contributed by atoms with van der Waals surface area (Å²) in [7, 11) is 0. The molecule has 2 aliphatic rings. The van der Waals surface area contributed by atoms with Crippen LogP contribution >= 0.6 is 11.8 Å². The van der Waals surface area contributed by atoms with E-state index in [4.69, 9.17) is 4.99 Å². The second-order valence-corrected chi connectivity index (χ2v) is 8.21. The van der Waals surface area contributed by atoms with Crippen LogP contribution in [0.3, 0.4) is 0 Å². The summed E-state index contributed by atoms with van der Waals surface area (Å²) in [5.41, 5.74) is 9.36. The third kappa shape index (κ3) is 5.53. The minimum atomic E-state index is 0.0588.